The predicted molar refractivity (Wildman–Crippen MR) is 110 cm³/mol. The van der Waals surface area contributed by atoms with Gasteiger partial charge in [0.25, 0.3) is 5.91 Å². The van der Waals surface area contributed by atoms with E-state index in [1.165, 1.54) is 16.9 Å². The number of rotatable bonds is 6. The minimum atomic E-state index is -0.187. The van der Waals surface area contributed by atoms with Gasteiger partial charge in [0.1, 0.15) is 10.7 Å². The Morgan fingerprint density at radius 1 is 1.15 bits per heavy atom. The van der Waals surface area contributed by atoms with Gasteiger partial charge in [-0.1, -0.05) is 72.0 Å². The van der Waals surface area contributed by atoms with Gasteiger partial charge in [0.15, 0.2) is 3.95 Å². The Labute approximate surface area is 162 Å². The van der Waals surface area contributed by atoms with Crippen LogP contribution in [0, 0.1) is 3.95 Å². The van der Waals surface area contributed by atoms with Crippen LogP contribution in [0.3, 0.4) is 0 Å². The fourth-order valence-electron chi connectivity index (χ4n) is 2.76. The molecule has 134 valence electrons. The number of carbonyl (C=O) groups excluding carboxylic acids is 1. The standard InChI is InChI=1S/C20H21N3OS2/c1-14(16-10-6-3-7-11-16)22-19(24)17-18(21)23(20(25)26-17)13-12-15-8-4-2-5-9-15/h2-11,14H,12-13,21H2,1H3,(H,22,24). The Hall–Kier alpha value is -2.44. The van der Waals surface area contributed by atoms with Gasteiger partial charge in [-0.3, -0.25) is 4.79 Å². The second kappa shape index (κ2) is 8.29. The number of nitrogens with two attached hydrogens (primary N) is 1. The van der Waals surface area contributed by atoms with Crippen LogP contribution in [0.2, 0.25) is 0 Å². The average Bonchev–Trinajstić information content (AvgIpc) is 2.95. The molecule has 0 spiro atoms. The van der Waals surface area contributed by atoms with E-state index in [1.54, 1.807) is 0 Å². The summed E-state index contributed by atoms with van der Waals surface area (Å²) < 4.78 is 2.46. The van der Waals surface area contributed by atoms with Gasteiger partial charge >= 0.3 is 0 Å². The second-order valence-electron chi connectivity index (χ2n) is 6.08. The zero-order valence-electron chi connectivity index (χ0n) is 14.5. The number of carbonyl (C=O) groups is 1. The SMILES string of the molecule is CC(NC(=O)c1sc(=S)n(CCc2ccccc2)c1N)c1ccccc1. The Morgan fingerprint density at radius 2 is 1.77 bits per heavy atom. The number of anilines is 1. The first-order valence-corrected chi connectivity index (χ1v) is 9.67. The number of amides is 1. The first-order valence-electron chi connectivity index (χ1n) is 8.45. The number of hydrogen-bond donors (Lipinski definition) is 2. The predicted octanol–water partition coefficient (Wildman–Crippen LogP) is 4.59. The molecule has 0 radical (unpaired) electrons. The summed E-state index contributed by atoms with van der Waals surface area (Å²) in [6.45, 7) is 2.61. The highest BCUT2D eigenvalue weighted by atomic mass is 32.1. The van der Waals surface area contributed by atoms with Crippen molar-refractivity contribution in [1.82, 2.24) is 9.88 Å². The monoisotopic (exact) mass is 383 g/mol. The van der Waals surface area contributed by atoms with Crippen LogP contribution in [0.4, 0.5) is 5.82 Å². The third kappa shape index (κ3) is 4.20. The van der Waals surface area contributed by atoms with Crippen LogP contribution >= 0.6 is 23.6 Å². The fourth-order valence-corrected chi connectivity index (χ4v) is 4.04. The molecule has 0 saturated heterocycles. The molecule has 2 aromatic carbocycles. The molecule has 3 rings (SSSR count). The molecule has 0 bridgehead atoms. The number of aromatic nitrogens is 1. The lowest BCUT2D eigenvalue weighted by Crippen LogP contribution is -2.26. The first-order chi connectivity index (χ1) is 12.6. The van der Waals surface area contributed by atoms with Crippen molar-refractivity contribution in [1.29, 1.82) is 0 Å². The van der Waals surface area contributed by atoms with E-state index >= 15 is 0 Å². The van der Waals surface area contributed by atoms with Crippen LogP contribution in [0.1, 0.15) is 33.8 Å². The summed E-state index contributed by atoms with van der Waals surface area (Å²) in [7, 11) is 0. The number of aryl methyl sites for hydroxylation is 1. The number of benzene rings is 2. The van der Waals surface area contributed by atoms with E-state index in [1.807, 2.05) is 60.0 Å². The molecule has 0 aliphatic heterocycles. The lowest BCUT2D eigenvalue weighted by Gasteiger charge is -2.14. The van der Waals surface area contributed by atoms with E-state index in [4.69, 9.17) is 18.0 Å². The molecule has 1 aromatic heterocycles. The molecule has 1 heterocycles. The minimum absolute atomic E-state index is 0.100. The molecular formula is C20H21N3OS2. The maximum atomic E-state index is 12.6. The van der Waals surface area contributed by atoms with Crippen molar-refractivity contribution in [2.24, 2.45) is 0 Å². The van der Waals surface area contributed by atoms with Crippen LogP contribution in [0.25, 0.3) is 0 Å². The molecule has 0 fully saturated rings. The van der Waals surface area contributed by atoms with Crippen LogP contribution < -0.4 is 11.1 Å². The van der Waals surface area contributed by atoms with Gasteiger partial charge < -0.3 is 15.6 Å². The number of nitrogen functional groups attached to an aromatic ring is 1. The Bertz CT molecular complexity index is 933. The van der Waals surface area contributed by atoms with Crippen LogP contribution in [-0.2, 0) is 13.0 Å². The van der Waals surface area contributed by atoms with Gasteiger partial charge in [0.05, 0.1) is 6.04 Å². The zero-order valence-corrected chi connectivity index (χ0v) is 16.1. The third-order valence-corrected chi connectivity index (χ3v) is 5.72. The van der Waals surface area contributed by atoms with Crippen molar-refractivity contribution in [3.05, 3.63) is 80.6 Å². The van der Waals surface area contributed by atoms with Gasteiger partial charge in [-0.25, -0.2) is 0 Å². The lowest BCUT2D eigenvalue weighted by molar-refractivity contribution is 0.0944. The Morgan fingerprint density at radius 3 is 2.42 bits per heavy atom. The molecule has 26 heavy (non-hydrogen) atoms. The third-order valence-electron chi connectivity index (χ3n) is 4.25. The Kier molecular flexibility index (Phi) is 5.85. The van der Waals surface area contributed by atoms with Crippen molar-refractivity contribution in [3.63, 3.8) is 0 Å². The summed E-state index contributed by atoms with van der Waals surface area (Å²) in [4.78, 5) is 13.1. The van der Waals surface area contributed by atoms with Crippen LogP contribution in [0.5, 0.6) is 0 Å². The first kappa shape index (κ1) is 18.4. The molecule has 0 aliphatic rings. The number of nitrogens with zero attached hydrogens (tertiary/aromatic N) is 1. The summed E-state index contributed by atoms with van der Waals surface area (Å²) in [6.07, 6.45) is 0.817. The lowest BCUT2D eigenvalue weighted by atomic mass is 10.1. The molecule has 6 heteroatoms. The van der Waals surface area contributed by atoms with E-state index in [0.717, 1.165) is 12.0 Å². The van der Waals surface area contributed by atoms with E-state index in [0.29, 0.717) is 21.2 Å². The molecule has 0 saturated carbocycles. The summed E-state index contributed by atoms with van der Waals surface area (Å²) in [5, 5.41) is 3.00. The largest absolute Gasteiger partial charge is 0.384 e. The molecule has 1 amide bonds. The summed E-state index contributed by atoms with van der Waals surface area (Å²) >= 11 is 6.69. The second-order valence-corrected chi connectivity index (χ2v) is 7.72. The van der Waals surface area contributed by atoms with Crippen LogP contribution in [-0.4, -0.2) is 10.5 Å². The normalized spacial score (nSPS) is 11.9. The molecule has 4 nitrogen and oxygen atoms in total. The smallest absolute Gasteiger partial charge is 0.265 e. The summed E-state index contributed by atoms with van der Waals surface area (Å²) in [5.41, 5.74) is 8.49. The maximum absolute atomic E-state index is 12.6. The molecule has 1 atom stereocenters. The highest BCUT2D eigenvalue weighted by Gasteiger charge is 2.19. The highest BCUT2D eigenvalue weighted by molar-refractivity contribution is 7.73. The zero-order chi connectivity index (χ0) is 18.5. The molecule has 3 N–H and O–H groups in total. The molecule has 1 unspecified atom stereocenters. The highest BCUT2D eigenvalue weighted by Crippen LogP contribution is 2.24. The van der Waals surface area contributed by atoms with E-state index in [-0.39, 0.29) is 11.9 Å². The van der Waals surface area contributed by atoms with E-state index in [9.17, 15) is 4.79 Å². The topological polar surface area (TPSA) is 60.0 Å². The fraction of sp³-hybridized carbons (Fsp3) is 0.200. The maximum Gasteiger partial charge on any atom is 0.265 e. The van der Waals surface area contributed by atoms with Crippen molar-refractivity contribution in [2.75, 3.05) is 5.73 Å². The van der Waals surface area contributed by atoms with Gasteiger partial charge in [-0.15, -0.1) is 0 Å². The minimum Gasteiger partial charge on any atom is -0.384 e. The van der Waals surface area contributed by atoms with Crippen molar-refractivity contribution >= 4 is 35.3 Å². The Balaban J connectivity index is 1.72. The molecule has 0 aliphatic carbocycles. The van der Waals surface area contributed by atoms with Gasteiger partial charge in [-0.2, -0.15) is 0 Å². The quantitative estimate of drug-likeness (QED) is 0.612. The van der Waals surface area contributed by atoms with Crippen molar-refractivity contribution in [3.8, 4) is 0 Å². The summed E-state index contributed by atoms with van der Waals surface area (Å²) in [5.74, 6) is 0.252. The number of hydrogen-bond acceptors (Lipinski definition) is 4. The van der Waals surface area contributed by atoms with E-state index < -0.39 is 0 Å². The average molecular weight is 384 g/mol. The summed E-state index contributed by atoms with van der Waals surface area (Å²) in [6, 6.07) is 19.9. The van der Waals surface area contributed by atoms with Crippen molar-refractivity contribution in [2.45, 2.75) is 25.9 Å². The van der Waals surface area contributed by atoms with E-state index in [2.05, 4.69) is 17.4 Å². The van der Waals surface area contributed by atoms with Gasteiger partial charge in [-0.05, 0) is 36.7 Å². The molecular weight excluding hydrogens is 362 g/mol. The van der Waals surface area contributed by atoms with Gasteiger partial charge in [0.2, 0.25) is 0 Å². The number of thiazole rings is 1. The van der Waals surface area contributed by atoms with Gasteiger partial charge in [0, 0.05) is 6.54 Å². The number of nitrogens with one attached hydrogen (secondary N) is 1. The molecule has 3 aromatic rings. The van der Waals surface area contributed by atoms with Crippen molar-refractivity contribution < 1.29 is 4.79 Å². The van der Waals surface area contributed by atoms with Crippen LogP contribution in [0.15, 0.2) is 60.7 Å².